The van der Waals surface area contributed by atoms with Crippen molar-refractivity contribution in [2.75, 3.05) is 6.61 Å². The minimum absolute atomic E-state index is 0.282. The molecule has 0 saturated carbocycles. The molecule has 0 fully saturated rings. The zero-order valence-electron chi connectivity index (χ0n) is 3.56. The number of rotatable bonds is 1. The number of aliphatic hydroxyl groups is 2. The van der Waals surface area contributed by atoms with Crippen molar-refractivity contribution in [1.29, 1.82) is 0 Å². The Hall–Kier alpha value is 0.210. The summed E-state index contributed by atoms with van der Waals surface area (Å²) in [5, 5.41) is 16.5. The second-order valence-electron chi connectivity index (χ2n) is 0.937. The molecular formula is C4H5IO2. The van der Waals surface area contributed by atoms with Gasteiger partial charge in [0.05, 0.1) is 6.61 Å². The van der Waals surface area contributed by atoms with Gasteiger partial charge in [-0.05, 0) is 3.93 Å². The molecule has 0 aliphatic heterocycles. The van der Waals surface area contributed by atoms with E-state index in [0.29, 0.717) is 0 Å². The minimum Gasteiger partial charge on any atom is -0.393 e. The molecule has 0 aromatic carbocycles. The Balaban J connectivity index is 3.29. The van der Waals surface area contributed by atoms with Crippen molar-refractivity contribution in [3.8, 4) is 9.85 Å². The van der Waals surface area contributed by atoms with Gasteiger partial charge in [0.1, 0.15) is 6.10 Å². The first-order chi connectivity index (χ1) is 3.31. The Labute approximate surface area is 55.7 Å². The molecule has 0 saturated heterocycles. The van der Waals surface area contributed by atoms with Crippen LogP contribution < -0.4 is 0 Å². The first-order valence-corrected chi connectivity index (χ1v) is 2.79. The monoisotopic (exact) mass is 212 g/mol. The summed E-state index contributed by atoms with van der Waals surface area (Å²) in [6.07, 6.45) is -0.864. The number of halogens is 1. The molecule has 0 bridgehead atoms. The van der Waals surface area contributed by atoms with Gasteiger partial charge in [0.15, 0.2) is 0 Å². The summed E-state index contributed by atoms with van der Waals surface area (Å²) in [5.74, 6) is 2.34. The highest BCUT2D eigenvalue weighted by atomic mass is 127. The molecule has 0 amide bonds. The number of aliphatic hydroxyl groups excluding tert-OH is 2. The Morgan fingerprint density at radius 3 is 2.43 bits per heavy atom. The molecule has 40 valence electrons. The standard InChI is InChI=1S/C4H5IO2/c5-2-1-4(7)3-6/h4,6-7H,3H2/t4-/m0/s1. The summed E-state index contributed by atoms with van der Waals surface area (Å²) in [4.78, 5) is 0. The molecule has 1 atom stereocenters. The maximum atomic E-state index is 8.43. The third kappa shape index (κ3) is 4.05. The first kappa shape index (κ1) is 7.21. The van der Waals surface area contributed by atoms with E-state index in [0.717, 1.165) is 0 Å². The smallest absolute Gasteiger partial charge is 0.138 e. The van der Waals surface area contributed by atoms with Gasteiger partial charge in [-0.3, -0.25) is 0 Å². The van der Waals surface area contributed by atoms with E-state index >= 15 is 0 Å². The fourth-order valence-electron chi connectivity index (χ4n) is 0.109. The van der Waals surface area contributed by atoms with Gasteiger partial charge in [-0.25, -0.2) is 0 Å². The summed E-state index contributed by atoms with van der Waals surface area (Å²) in [6.45, 7) is -0.282. The second-order valence-corrected chi connectivity index (χ2v) is 1.48. The first-order valence-electron chi connectivity index (χ1n) is 1.71. The minimum atomic E-state index is -0.864. The van der Waals surface area contributed by atoms with E-state index < -0.39 is 6.10 Å². The van der Waals surface area contributed by atoms with E-state index in [1.165, 1.54) is 0 Å². The predicted octanol–water partition coefficient (Wildman–Crippen LogP) is -0.264. The van der Waals surface area contributed by atoms with E-state index in [4.69, 9.17) is 10.2 Å². The van der Waals surface area contributed by atoms with Crippen LogP contribution in [0, 0.1) is 9.85 Å². The summed E-state index contributed by atoms with van der Waals surface area (Å²) >= 11 is 1.79. The summed E-state index contributed by atoms with van der Waals surface area (Å²) in [5.41, 5.74) is 0. The lowest BCUT2D eigenvalue weighted by Crippen LogP contribution is -2.07. The lowest BCUT2D eigenvalue weighted by atomic mass is 10.4. The molecule has 0 aromatic heterocycles. The molecule has 0 heterocycles. The Bertz CT molecular complexity index is 91.6. The van der Waals surface area contributed by atoms with Crippen LogP contribution in [-0.2, 0) is 0 Å². The second kappa shape index (κ2) is 4.37. The van der Waals surface area contributed by atoms with E-state index in [2.05, 4.69) is 9.85 Å². The highest BCUT2D eigenvalue weighted by Crippen LogP contribution is 1.77. The SMILES string of the molecule is OC[C@@H](O)C#CI. The lowest BCUT2D eigenvalue weighted by Gasteiger charge is -1.90. The van der Waals surface area contributed by atoms with E-state index in [1.807, 2.05) is 0 Å². The zero-order valence-corrected chi connectivity index (χ0v) is 5.71. The molecule has 3 heteroatoms. The molecule has 0 aliphatic carbocycles. The van der Waals surface area contributed by atoms with Crippen molar-refractivity contribution < 1.29 is 10.2 Å². The molecule has 0 aromatic rings. The normalized spacial score (nSPS) is 11.9. The van der Waals surface area contributed by atoms with Gasteiger partial charge in [0, 0.05) is 22.6 Å². The Kier molecular flexibility index (Phi) is 4.50. The zero-order chi connectivity index (χ0) is 5.70. The summed E-state index contributed by atoms with van der Waals surface area (Å²) in [7, 11) is 0. The van der Waals surface area contributed by atoms with Gasteiger partial charge in [0.25, 0.3) is 0 Å². The topological polar surface area (TPSA) is 40.5 Å². The van der Waals surface area contributed by atoms with Crippen LogP contribution >= 0.6 is 22.6 Å². The third-order valence-electron chi connectivity index (χ3n) is 0.394. The van der Waals surface area contributed by atoms with Crippen LogP contribution in [0.15, 0.2) is 0 Å². The Morgan fingerprint density at radius 1 is 1.71 bits per heavy atom. The molecule has 7 heavy (non-hydrogen) atoms. The maximum absolute atomic E-state index is 8.43. The average Bonchev–Trinajstić information content (AvgIpc) is 1.68. The summed E-state index contributed by atoms with van der Waals surface area (Å²) in [6, 6.07) is 0. The largest absolute Gasteiger partial charge is 0.393 e. The van der Waals surface area contributed by atoms with Crippen LogP contribution in [-0.4, -0.2) is 22.9 Å². The third-order valence-corrected chi connectivity index (χ3v) is 0.706. The fourth-order valence-corrected chi connectivity index (χ4v) is 0.468. The molecule has 0 rings (SSSR count). The molecule has 0 unspecified atom stereocenters. The fraction of sp³-hybridized carbons (Fsp3) is 0.500. The molecule has 2 nitrogen and oxygen atoms in total. The van der Waals surface area contributed by atoms with Crippen molar-refractivity contribution in [1.82, 2.24) is 0 Å². The van der Waals surface area contributed by atoms with Gasteiger partial charge in [0.2, 0.25) is 0 Å². The van der Waals surface area contributed by atoms with Crippen LogP contribution in [0.25, 0.3) is 0 Å². The van der Waals surface area contributed by atoms with Crippen LogP contribution in [0.3, 0.4) is 0 Å². The highest BCUT2D eigenvalue weighted by molar-refractivity contribution is 14.1. The molecular weight excluding hydrogens is 207 g/mol. The van der Waals surface area contributed by atoms with Crippen LogP contribution in [0.5, 0.6) is 0 Å². The molecule has 0 radical (unpaired) electrons. The number of hydrogen-bond acceptors (Lipinski definition) is 2. The van der Waals surface area contributed by atoms with Crippen molar-refractivity contribution >= 4 is 22.6 Å². The Morgan fingerprint density at radius 2 is 2.29 bits per heavy atom. The molecule has 0 aliphatic rings. The summed E-state index contributed by atoms with van der Waals surface area (Å²) < 4.78 is 2.43. The van der Waals surface area contributed by atoms with Gasteiger partial charge < -0.3 is 10.2 Å². The van der Waals surface area contributed by atoms with Crippen LogP contribution in [0.2, 0.25) is 0 Å². The highest BCUT2D eigenvalue weighted by Gasteiger charge is 1.89. The lowest BCUT2D eigenvalue weighted by molar-refractivity contribution is 0.138. The van der Waals surface area contributed by atoms with Crippen molar-refractivity contribution in [3.63, 3.8) is 0 Å². The van der Waals surface area contributed by atoms with Gasteiger partial charge in [-0.1, -0.05) is 5.92 Å². The van der Waals surface area contributed by atoms with Crippen molar-refractivity contribution in [3.05, 3.63) is 0 Å². The van der Waals surface area contributed by atoms with Gasteiger partial charge >= 0.3 is 0 Å². The van der Waals surface area contributed by atoms with E-state index in [-0.39, 0.29) is 6.61 Å². The molecule has 0 spiro atoms. The van der Waals surface area contributed by atoms with Crippen molar-refractivity contribution in [2.45, 2.75) is 6.10 Å². The van der Waals surface area contributed by atoms with E-state index in [9.17, 15) is 0 Å². The van der Waals surface area contributed by atoms with Gasteiger partial charge in [-0.15, -0.1) is 0 Å². The maximum Gasteiger partial charge on any atom is 0.138 e. The van der Waals surface area contributed by atoms with E-state index in [1.54, 1.807) is 22.6 Å². The number of hydrogen-bond donors (Lipinski definition) is 2. The van der Waals surface area contributed by atoms with Gasteiger partial charge in [-0.2, -0.15) is 0 Å². The van der Waals surface area contributed by atoms with Crippen LogP contribution in [0.4, 0.5) is 0 Å². The molecule has 2 N–H and O–H groups in total. The van der Waals surface area contributed by atoms with Crippen molar-refractivity contribution in [2.24, 2.45) is 0 Å². The average molecular weight is 212 g/mol. The predicted molar refractivity (Wildman–Crippen MR) is 34.9 cm³/mol. The quantitative estimate of drug-likeness (QED) is 0.464. The van der Waals surface area contributed by atoms with Crippen LogP contribution in [0.1, 0.15) is 0 Å².